The lowest BCUT2D eigenvalue weighted by molar-refractivity contribution is -0.0494. The maximum atomic E-state index is 10.2. The molecule has 0 spiro atoms. The van der Waals surface area contributed by atoms with Gasteiger partial charge in [-0.25, -0.2) is 0 Å². The maximum absolute atomic E-state index is 10.2. The van der Waals surface area contributed by atoms with E-state index in [-0.39, 0.29) is 0 Å². The molecule has 3 heteroatoms. The molecule has 0 radical (unpaired) electrons. The van der Waals surface area contributed by atoms with Gasteiger partial charge >= 0.3 is 0 Å². The van der Waals surface area contributed by atoms with Crippen LogP contribution in [0.25, 0.3) is 0 Å². The summed E-state index contributed by atoms with van der Waals surface area (Å²) in [5, 5.41) is 11.6. The number of fused-ring (bicyclic) bond motifs is 2. The fourth-order valence-corrected chi connectivity index (χ4v) is 4.56. The van der Waals surface area contributed by atoms with E-state index in [1.807, 2.05) is 0 Å². The minimum absolute atomic E-state index is 0.514. The van der Waals surface area contributed by atoms with Gasteiger partial charge in [-0.15, -0.1) is 0 Å². The lowest BCUT2D eigenvalue weighted by Crippen LogP contribution is -2.45. The van der Waals surface area contributed by atoms with E-state index in [9.17, 15) is 5.11 Å². The third kappa shape index (κ3) is 2.20. The van der Waals surface area contributed by atoms with Crippen molar-refractivity contribution < 1.29 is 9.84 Å². The molecule has 2 rings (SSSR count). The monoisotopic (exact) mass is 202 g/mol. The molecule has 0 aromatic rings. The average Bonchev–Trinajstić information content (AvgIpc) is 2.02. The van der Waals surface area contributed by atoms with Gasteiger partial charge in [0.25, 0.3) is 0 Å². The van der Waals surface area contributed by atoms with Crippen LogP contribution in [0.15, 0.2) is 0 Å². The number of rotatable bonds is 2. The van der Waals surface area contributed by atoms with Gasteiger partial charge in [0.1, 0.15) is 0 Å². The third-order valence-corrected chi connectivity index (χ3v) is 4.64. The Morgan fingerprint density at radius 2 is 2.00 bits per heavy atom. The second-order valence-electron chi connectivity index (χ2n) is 4.38. The smallest absolute Gasteiger partial charge is 0.0901 e. The van der Waals surface area contributed by atoms with Gasteiger partial charge in [0.2, 0.25) is 0 Å². The summed E-state index contributed by atoms with van der Waals surface area (Å²) in [6, 6.07) is 0. The predicted octanol–water partition coefficient (Wildman–Crippen LogP) is 1.81. The number of aliphatic hydroxyl groups is 1. The Hall–Kier alpha value is 0.270. The molecule has 0 aromatic carbocycles. The molecule has 0 amide bonds. The Labute approximate surface area is 84.0 Å². The molecule has 0 aromatic heterocycles. The van der Waals surface area contributed by atoms with Gasteiger partial charge in [-0.05, 0) is 25.7 Å². The molecule has 2 nitrogen and oxygen atoms in total. The summed E-state index contributed by atoms with van der Waals surface area (Å²) in [6.45, 7) is 0.514. The fraction of sp³-hybridized carbons (Fsp3) is 1.00. The van der Waals surface area contributed by atoms with Crippen LogP contribution >= 0.6 is 11.8 Å². The number of hydrogen-bond donors (Lipinski definition) is 1. The van der Waals surface area contributed by atoms with Gasteiger partial charge in [-0.3, -0.25) is 0 Å². The van der Waals surface area contributed by atoms with E-state index < -0.39 is 5.60 Å². The standard InChI is InChI=1S/C10H18O2S/c1-12-7-10(11)5-8-3-2-4-9(6-10)13-8/h8-9,11H,2-7H2,1H3. The molecular formula is C10H18O2S. The van der Waals surface area contributed by atoms with Crippen molar-refractivity contribution >= 4 is 11.8 Å². The van der Waals surface area contributed by atoms with Gasteiger partial charge in [0.15, 0.2) is 0 Å². The highest BCUT2D eigenvalue weighted by Gasteiger charge is 2.41. The number of hydrogen-bond acceptors (Lipinski definition) is 3. The zero-order valence-electron chi connectivity index (χ0n) is 8.16. The summed E-state index contributed by atoms with van der Waals surface area (Å²) in [7, 11) is 1.68. The fourth-order valence-electron chi connectivity index (χ4n) is 2.60. The molecular weight excluding hydrogens is 184 g/mol. The quantitative estimate of drug-likeness (QED) is 0.740. The van der Waals surface area contributed by atoms with Gasteiger partial charge in [-0.1, -0.05) is 6.42 Å². The number of ether oxygens (including phenoxy) is 1. The third-order valence-electron chi connectivity index (χ3n) is 3.07. The molecule has 2 heterocycles. The minimum Gasteiger partial charge on any atom is -0.387 e. The Kier molecular flexibility index (Phi) is 2.86. The van der Waals surface area contributed by atoms with E-state index in [1.54, 1.807) is 7.11 Å². The Morgan fingerprint density at radius 3 is 2.54 bits per heavy atom. The Bertz CT molecular complexity index is 172. The summed E-state index contributed by atoms with van der Waals surface area (Å²) < 4.78 is 5.09. The second kappa shape index (κ2) is 3.79. The summed E-state index contributed by atoms with van der Waals surface area (Å²) in [5.74, 6) is 0. The SMILES string of the molecule is COCC1(O)CC2CCCC(C1)S2. The lowest BCUT2D eigenvalue weighted by atomic mass is 9.86. The highest BCUT2D eigenvalue weighted by molar-refractivity contribution is 8.00. The van der Waals surface area contributed by atoms with Crippen molar-refractivity contribution in [1.82, 2.24) is 0 Å². The van der Waals surface area contributed by atoms with Gasteiger partial charge in [-0.2, -0.15) is 11.8 Å². The summed E-state index contributed by atoms with van der Waals surface area (Å²) >= 11 is 2.09. The lowest BCUT2D eigenvalue weighted by Gasteiger charge is -2.43. The van der Waals surface area contributed by atoms with Crippen molar-refractivity contribution in [1.29, 1.82) is 0 Å². The molecule has 76 valence electrons. The number of thioether (sulfide) groups is 1. The van der Waals surface area contributed by atoms with Crippen LogP contribution in [0.3, 0.4) is 0 Å². The minimum atomic E-state index is -0.518. The first-order chi connectivity index (χ1) is 6.22. The highest BCUT2D eigenvalue weighted by Crippen LogP contribution is 2.45. The Morgan fingerprint density at radius 1 is 1.38 bits per heavy atom. The van der Waals surface area contributed by atoms with Crippen molar-refractivity contribution in [2.24, 2.45) is 0 Å². The Balaban J connectivity index is 2.00. The van der Waals surface area contributed by atoms with E-state index >= 15 is 0 Å². The van der Waals surface area contributed by atoms with Gasteiger partial charge in [0.05, 0.1) is 12.2 Å². The van der Waals surface area contributed by atoms with Crippen LogP contribution in [-0.2, 0) is 4.74 Å². The largest absolute Gasteiger partial charge is 0.387 e. The molecule has 2 aliphatic rings. The topological polar surface area (TPSA) is 29.5 Å². The molecule has 2 unspecified atom stereocenters. The van der Waals surface area contributed by atoms with Gasteiger partial charge < -0.3 is 9.84 Å². The van der Waals surface area contributed by atoms with Gasteiger partial charge in [0, 0.05) is 17.6 Å². The molecule has 2 bridgehead atoms. The molecule has 2 atom stereocenters. The van der Waals surface area contributed by atoms with Crippen LogP contribution in [0, 0.1) is 0 Å². The van der Waals surface area contributed by atoms with Crippen molar-refractivity contribution in [2.75, 3.05) is 13.7 Å². The molecule has 0 aliphatic carbocycles. The van der Waals surface area contributed by atoms with Crippen molar-refractivity contribution in [3.8, 4) is 0 Å². The predicted molar refractivity (Wildman–Crippen MR) is 55.1 cm³/mol. The zero-order valence-corrected chi connectivity index (χ0v) is 8.98. The van der Waals surface area contributed by atoms with Crippen LogP contribution in [0.5, 0.6) is 0 Å². The van der Waals surface area contributed by atoms with Crippen LogP contribution < -0.4 is 0 Å². The molecule has 2 aliphatic heterocycles. The molecule has 1 N–H and O–H groups in total. The molecule has 0 saturated carbocycles. The van der Waals surface area contributed by atoms with Crippen LogP contribution in [0.2, 0.25) is 0 Å². The van der Waals surface area contributed by atoms with Crippen molar-refractivity contribution in [3.05, 3.63) is 0 Å². The van der Waals surface area contributed by atoms with Crippen LogP contribution in [-0.4, -0.2) is 34.9 Å². The average molecular weight is 202 g/mol. The first kappa shape index (κ1) is 9.81. The van der Waals surface area contributed by atoms with E-state index in [4.69, 9.17) is 4.74 Å². The molecule has 2 saturated heterocycles. The molecule has 2 fully saturated rings. The zero-order chi connectivity index (χ0) is 9.31. The van der Waals surface area contributed by atoms with E-state index in [2.05, 4.69) is 11.8 Å². The maximum Gasteiger partial charge on any atom is 0.0901 e. The van der Waals surface area contributed by atoms with E-state index in [0.29, 0.717) is 17.1 Å². The van der Waals surface area contributed by atoms with E-state index in [1.165, 1.54) is 19.3 Å². The van der Waals surface area contributed by atoms with Crippen LogP contribution in [0.1, 0.15) is 32.1 Å². The highest BCUT2D eigenvalue weighted by atomic mass is 32.2. The summed E-state index contributed by atoms with van der Waals surface area (Å²) in [5.41, 5.74) is -0.518. The van der Waals surface area contributed by atoms with Crippen molar-refractivity contribution in [3.63, 3.8) is 0 Å². The summed E-state index contributed by atoms with van der Waals surface area (Å²) in [4.78, 5) is 0. The number of methoxy groups -OCH3 is 1. The molecule has 13 heavy (non-hydrogen) atoms. The summed E-state index contributed by atoms with van der Waals surface area (Å²) in [6.07, 6.45) is 5.79. The first-order valence-corrected chi connectivity index (χ1v) is 6.03. The normalized spacial score (nSPS) is 44.8. The first-order valence-electron chi connectivity index (χ1n) is 5.09. The van der Waals surface area contributed by atoms with Crippen LogP contribution in [0.4, 0.5) is 0 Å². The second-order valence-corrected chi connectivity index (χ2v) is 5.98. The van der Waals surface area contributed by atoms with E-state index in [0.717, 1.165) is 12.8 Å². The van der Waals surface area contributed by atoms with Crippen molar-refractivity contribution in [2.45, 2.75) is 48.2 Å².